The Bertz CT molecular complexity index is 1670. The van der Waals surface area contributed by atoms with Gasteiger partial charge in [0.2, 0.25) is 0 Å². The number of aromatic nitrogens is 1. The minimum absolute atomic E-state index is 0.0140. The average molecular weight is 567 g/mol. The molecule has 3 N–H and O–H groups in total. The van der Waals surface area contributed by atoms with Crippen LogP contribution in [-0.2, 0) is 26.6 Å². The number of phenols is 1. The van der Waals surface area contributed by atoms with Crippen LogP contribution in [0.3, 0.4) is 0 Å². The molecule has 9 nitrogen and oxygen atoms in total. The molecule has 0 fully saturated rings. The molecule has 0 spiro atoms. The van der Waals surface area contributed by atoms with Crippen LogP contribution in [0, 0.1) is 6.92 Å². The Kier molecular flexibility index (Phi) is 7.76. The second kappa shape index (κ2) is 11.4. The van der Waals surface area contributed by atoms with Crippen molar-refractivity contribution in [1.82, 2.24) is 14.8 Å². The summed E-state index contributed by atoms with van der Waals surface area (Å²) in [6, 6.07) is 21.6. The number of carboxylic acid groups (broad SMARTS) is 1. The summed E-state index contributed by atoms with van der Waals surface area (Å²) < 4.78 is 1.88. The highest BCUT2D eigenvalue weighted by Gasteiger charge is 2.30. The molecule has 1 aliphatic heterocycles. The highest BCUT2D eigenvalue weighted by Crippen LogP contribution is 2.33. The normalized spacial score (nSPS) is 14.3. The SMILES string of the molecule is Cc1c(C(=O)N(C)c2ccc(O)cc2)cc(-c2cc(CNC(=O)O)ccc2C(=O)N2Cc3ccccc3C[C@H]2C)n1C. The molecule has 0 saturated carbocycles. The van der Waals surface area contributed by atoms with Crippen LogP contribution >= 0.6 is 0 Å². The molecule has 0 radical (unpaired) electrons. The summed E-state index contributed by atoms with van der Waals surface area (Å²) in [5.41, 5.74) is 6.62. The lowest BCUT2D eigenvalue weighted by Crippen LogP contribution is -2.42. The maximum atomic E-state index is 14.2. The summed E-state index contributed by atoms with van der Waals surface area (Å²) >= 11 is 0. The Labute approximate surface area is 244 Å². The number of phenolic OH excluding ortho intramolecular Hbond substituents is 1. The summed E-state index contributed by atoms with van der Waals surface area (Å²) in [6.45, 7) is 4.46. The Morgan fingerprint density at radius 3 is 2.36 bits per heavy atom. The fraction of sp³-hybridized carbons (Fsp3) is 0.242. The van der Waals surface area contributed by atoms with Crippen molar-refractivity contribution in [3.63, 3.8) is 0 Å². The minimum atomic E-state index is -1.14. The van der Waals surface area contributed by atoms with E-state index in [1.54, 1.807) is 37.4 Å². The van der Waals surface area contributed by atoms with Crippen molar-refractivity contribution in [2.45, 2.75) is 39.4 Å². The number of hydrogen-bond donors (Lipinski definition) is 3. The average Bonchev–Trinajstić information content (AvgIpc) is 3.28. The Morgan fingerprint density at radius 1 is 0.976 bits per heavy atom. The Balaban J connectivity index is 1.56. The van der Waals surface area contributed by atoms with Crippen molar-refractivity contribution in [2.24, 2.45) is 7.05 Å². The van der Waals surface area contributed by atoms with Crippen molar-refractivity contribution >= 4 is 23.6 Å². The number of benzene rings is 3. The van der Waals surface area contributed by atoms with E-state index < -0.39 is 6.09 Å². The molecule has 0 unspecified atom stereocenters. The van der Waals surface area contributed by atoms with Gasteiger partial charge in [-0.05, 0) is 79.4 Å². The number of carbonyl (C=O) groups is 3. The van der Waals surface area contributed by atoms with Gasteiger partial charge < -0.3 is 29.9 Å². The molecule has 4 aromatic rings. The van der Waals surface area contributed by atoms with Crippen LogP contribution in [0.4, 0.5) is 10.5 Å². The molecule has 1 aliphatic rings. The van der Waals surface area contributed by atoms with Gasteiger partial charge in [0.15, 0.2) is 0 Å². The molecule has 9 heteroatoms. The van der Waals surface area contributed by atoms with Gasteiger partial charge in [0.1, 0.15) is 5.75 Å². The van der Waals surface area contributed by atoms with Gasteiger partial charge in [-0.3, -0.25) is 9.59 Å². The van der Waals surface area contributed by atoms with E-state index >= 15 is 0 Å². The number of fused-ring (bicyclic) bond motifs is 1. The van der Waals surface area contributed by atoms with Crippen LogP contribution in [0.2, 0.25) is 0 Å². The van der Waals surface area contributed by atoms with E-state index in [2.05, 4.69) is 11.4 Å². The lowest BCUT2D eigenvalue weighted by molar-refractivity contribution is 0.0658. The number of carbonyl (C=O) groups excluding carboxylic acids is 2. The van der Waals surface area contributed by atoms with Crippen LogP contribution in [-0.4, -0.2) is 50.7 Å². The topological polar surface area (TPSA) is 115 Å². The number of anilines is 1. The third-order valence-electron chi connectivity index (χ3n) is 8.11. The van der Waals surface area contributed by atoms with Crippen molar-refractivity contribution in [1.29, 1.82) is 0 Å². The van der Waals surface area contributed by atoms with Crippen molar-refractivity contribution < 1.29 is 24.6 Å². The van der Waals surface area contributed by atoms with E-state index in [1.165, 1.54) is 22.6 Å². The van der Waals surface area contributed by atoms with Crippen LogP contribution < -0.4 is 10.2 Å². The van der Waals surface area contributed by atoms with E-state index in [4.69, 9.17) is 5.11 Å². The number of aromatic hydroxyl groups is 1. The summed E-state index contributed by atoms with van der Waals surface area (Å²) in [5, 5.41) is 21.2. The maximum absolute atomic E-state index is 14.2. The molecule has 216 valence electrons. The number of nitrogens with one attached hydrogen (secondary N) is 1. The monoisotopic (exact) mass is 566 g/mol. The van der Waals surface area contributed by atoms with Gasteiger partial charge in [0.05, 0.1) is 5.56 Å². The first-order valence-electron chi connectivity index (χ1n) is 13.8. The number of amides is 3. The Hall–Kier alpha value is -5.05. The zero-order valence-corrected chi connectivity index (χ0v) is 24.1. The van der Waals surface area contributed by atoms with Gasteiger partial charge in [-0.15, -0.1) is 0 Å². The van der Waals surface area contributed by atoms with Crippen molar-refractivity contribution in [3.8, 4) is 17.0 Å². The molecule has 3 aromatic carbocycles. The minimum Gasteiger partial charge on any atom is -0.508 e. The van der Waals surface area contributed by atoms with Crippen molar-refractivity contribution in [3.05, 3.63) is 106 Å². The van der Waals surface area contributed by atoms with Gasteiger partial charge in [-0.2, -0.15) is 0 Å². The molecule has 0 saturated heterocycles. The summed E-state index contributed by atoms with van der Waals surface area (Å²) in [6.07, 6.45) is -0.388. The second-order valence-electron chi connectivity index (χ2n) is 10.8. The number of rotatable bonds is 6. The standard InChI is InChI=1S/C33H34N4O5/c1-20-15-23-7-5-6-8-24(23)19-37(20)32(40)27-14-9-22(18-34-33(41)42)16-29(27)30-17-28(21(2)35(30)3)31(39)36(4)25-10-12-26(38)13-11-25/h5-14,16-17,20,34,38H,15,18-19H2,1-4H3,(H,41,42)/t20-/m1/s1. The van der Waals surface area contributed by atoms with Crippen LogP contribution in [0.25, 0.3) is 11.3 Å². The molecule has 2 heterocycles. The van der Waals surface area contributed by atoms with Gasteiger partial charge >= 0.3 is 6.09 Å². The molecule has 3 amide bonds. The van der Waals surface area contributed by atoms with E-state index in [0.29, 0.717) is 45.9 Å². The first-order chi connectivity index (χ1) is 20.0. The molecule has 5 rings (SSSR count). The lowest BCUT2D eigenvalue weighted by Gasteiger charge is -2.35. The lowest BCUT2D eigenvalue weighted by atomic mass is 9.93. The molecule has 0 aliphatic carbocycles. The molecular weight excluding hydrogens is 532 g/mol. The smallest absolute Gasteiger partial charge is 0.404 e. The molecular formula is C33H34N4O5. The van der Waals surface area contributed by atoms with E-state index in [9.17, 15) is 19.5 Å². The molecule has 1 aromatic heterocycles. The number of nitrogens with zero attached hydrogens (tertiary/aromatic N) is 3. The predicted molar refractivity (Wildman–Crippen MR) is 161 cm³/mol. The fourth-order valence-electron chi connectivity index (χ4n) is 5.53. The zero-order chi connectivity index (χ0) is 30.1. The summed E-state index contributed by atoms with van der Waals surface area (Å²) in [5.74, 6) is -0.255. The van der Waals surface area contributed by atoms with Gasteiger partial charge in [0.25, 0.3) is 11.8 Å². The first kappa shape index (κ1) is 28.5. The number of hydrogen-bond acceptors (Lipinski definition) is 4. The van der Waals surface area contributed by atoms with E-state index in [0.717, 1.165) is 12.0 Å². The third-order valence-corrected chi connectivity index (χ3v) is 8.11. The van der Waals surface area contributed by atoms with Gasteiger partial charge in [-0.1, -0.05) is 30.3 Å². The fourth-order valence-corrected chi connectivity index (χ4v) is 5.53. The maximum Gasteiger partial charge on any atom is 0.404 e. The quantitative estimate of drug-likeness (QED) is 0.292. The van der Waals surface area contributed by atoms with E-state index in [-0.39, 0.29) is 30.2 Å². The van der Waals surface area contributed by atoms with Crippen LogP contribution in [0.5, 0.6) is 5.75 Å². The van der Waals surface area contributed by atoms with Crippen LogP contribution in [0.15, 0.2) is 72.8 Å². The summed E-state index contributed by atoms with van der Waals surface area (Å²) in [4.78, 5) is 42.4. The first-order valence-corrected chi connectivity index (χ1v) is 13.8. The molecule has 0 bridgehead atoms. The zero-order valence-electron chi connectivity index (χ0n) is 24.1. The largest absolute Gasteiger partial charge is 0.508 e. The predicted octanol–water partition coefficient (Wildman–Crippen LogP) is 5.34. The summed E-state index contributed by atoms with van der Waals surface area (Å²) in [7, 11) is 3.52. The van der Waals surface area contributed by atoms with Gasteiger partial charge in [0, 0.05) is 61.4 Å². The highest BCUT2D eigenvalue weighted by molar-refractivity contribution is 6.08. The van der Waals surface area contributed by atoms with Crippen molar-refractivity contribution in [2.75, 3.05) is 11.9 Å². The van der Waals surface area contributed by atoms with E-state index in [1.807, 2.05) is 54.6 Å². The molecule has 1 atom stereocenters. The second-order valence-corrected chi connectivity index (χ2v) is 10.8. The van der Waals surface area contributed by atoms with Crippen LogP contribution in [0.1, 0.15) is 50.0 Å². The third kappa shape index (κ3) is 5.45. The highest BCUT2D eigenvalue weighted by atomic mass is 16.4. The molecule has 42 heavy (non-hydrogen) atoms. The van der Waals surface area contributed by atoms with Gasteiger partial charge in [-0.25, -0.2) is 4.79 Å². The Morgan fingerprint density at radius 2 is 1.67 bits per heavy atom.